The first kappa shape index (κ1) is 19.1. The number of carbonyl (C=O) groups excluding carboxylic acids is 1. The summed E-state index contributed by atoms with van der Waals surface area (Å²) >= 11 is 4.74. The van der Waals surface area contributed by atoms with Gasteiger partial charge >= 0.3 is 5.97 Å². The molecular formula is C19H15BrN4O2S. The van der Waals surface area contributed by atoms with Crippen LogP contribution in [0.15, 0.2) is 58.2 Å². The van der Waals surface area contributed by atoms with Gasteiger partial charge in [0.15, 0.2) is 6.61 Å². The maximum atomic E-state index is 12.0. The number of aromatic nitrogens is 4. The van der Waals surface area contributed by atoms with Crippen LogP contribution >= 0.6 is 27.7 Å². The average molecular weight is 443 g/mol. The molecule has 0 aliphatic rings. The molecule has 0 aliphatic carbocycles. The Morgan fingerprint density at radius 1 is 1.19 bits per heavy atom. The minimum atomic E-state index is -0.409. The van der Waals surface area contributed by atoms with Crippen LogP contribution in [-0.4, -0.2) is 38.5 Å². The highest BCUT2D eigenvalue weighted by Crippen LogP contribution is 2.18. The van der Waals surface area contributed by atoms with E-state index >= 15 is 0 Å². The zero-order valence-electron chi connectivity index (χ0n) is 14.4. The first-order chi connectivity index (χ1) is 13.1. The van der Waals surface area contributed by atoms with Crippen molar-refractivity contribution >= 4 is 33.7 Å². The van der Waals surface area contributed by atoms with Crippen LogP contribution in [0.25, 0.3) is 5.69 Å². The van der Waals surface area contributed by atoms with E-state index in [0.717, 1.165) is 5.69 Å². The van der Waals surface area contributed by atoms with E-state index in [1.54, 1.807) is 22.9 Å². The number of thioether (sulfide) groups is 1. The molecule has 136 valence electrons. The molecule has 1 heterocycles. The fourth-order valence-electron chi connectivity index (χ4n) is 2.13. The van der Waals surface area contributed by atoms with Gasteiger partial charge in [0.2, 0.25) is 5.16 Å². The van der Waals surface area contributed by atoms with Crippen LogP contribution in [0.5, 0.6) is 0 Å². The first-order valence-corrected chi connectivity index (χ1v) is 9.78. The molecule has 1 aromatic heterocycles. The molecule has 27 heavy (non-hydrogen) atoms. The number of halogens is 1. The summed E-state index contributed by atoms with van der Waals surface area (Å²) in [6.07, 6.45) is 0. The number of hydrogen-bond donors (Lipinski definition) is 0. The van der Waals surface area contributed by atoms with Crippen molar-refractivity contribution in [1.82, 2.24) is 20.2 Å². The van der Waals surface area contributed by atoms with E-state index in [1.165, 1.54) is 17.3 Å². The molecule has 6 nitrogen and oxygen atoms in total. The highest BCUT2D eigenvalue weighted by Gasteiger charge is 2.10. The summed E-state index contributed by atoms with van der Waals surface area (Å²) in [5.41, 5.74) is 2.54. The van der Waals surface area contributed by atoms with Gasteiger partial charge in [0.25, 0.3) is 0 Å². The van der Waals surface area contributed by atoms with Crippen molar-refractivity contribution in [3.63, 3.8) is 0 Å². The number of ether oxygens (including phenoxy) is 1. The third kappa shape index (κ3) is 5.18. The van der Waals surface area contributed by atoms with Crippen molar-refractivity contribution in [2.45, 2.75) is 12.1 Å². The van der Waals surface area contributed by atoms with Gasteiger partial charge in [0, 0.05) is 4.47 Å². The summed E-state index contributed by atoms with van der Waals surface area (Å²) < 4.78 is 7.51. The first-order valence-electron chi connectivity index (χ1n) is 8.01. The van der Waals surface area contributed by atoms with Crippen molar-refractivity contribution in [3.8, 4) is 17.5 Å². The number of hydrogen-bond acceptors (Lipinski definition) is 6. The molecule has 0 saturated carbocycles. The molecule has 0 aliphatic heterocycles. The number of aryl methyl sites for hydroxylation is 1. The van der Waals surface area contributed by atoms with Crippen molar-refractivity contribution < 1.29 is 9.53 Å². The summed E-state index contributed by atoms with van der Waals surface area (Å²) in [5.74, 6) is 5.85. The zero-order valence-corrected chi connectivity index (χ0v) is 16.8. The highest BCUT2D eigenvalue weighted by atomic mass is 79.9. The minimum absolute atomic E-state index is 0.0314. The Hall–Kier alpha value is -2.63. The van der Waals surface area contributed by atoms with Crippen LogP contribution in [0.4, 0.5) is 0 Å². The molecule has 0 fully saturated rings. The van der Waals surface area contributed by atoms with Crippen molar-refractivity contribution in [2.75, 3.05) is 12.4 Å². The number of esters is 1. The molecule has 2 aromatic carbocycles. The second-order valence-corrected chi connectivity index (χ2v) is 7.20. The fraction of sp³-hybridized carbons (Fsp3) is 0.158. The van der Waals surface area contributed by atoms with Crippen LogP contribution in [0.2, 0.25) is 0 Å². The third-order valence-electron chi connectivity index (χ3n) is 3.49. The summed E-state index contributed by atoms with van der Waals surface area (Å²) in [6, 6.07) is 15.0. The standard InChI is InChI=1S/C19H15BrN4O2S/c1-14-8-10-15(11-9-14)24-19(21-22-23-24)27-13-5-4-12-26-18(25)16-6-2-3-7-17(16)20/h2-3,6-11H,12-13H2,1H3. The lowest BCUT2D eigenvalue weighted by molar-refractivity contribution is 0.0555. The Kier molecular flexibility index (Phi) is 6.63. The number of tetrazole rings is 1. The van der Waals surface area contributed by atoms with Crippen LogP contribution in [0, 0.1) is 18.8 Å². The lowest BCUT2D eigenvalue weighted by atomic mass is 10.2. The number of rotatable bonds is 5. The predicted molar refractivity (Wildman–Crippen MR) is 107 cm³/mol. The van der Waals surface area contributed by atoms with Gasteiger partial charge in [-0.15, -0.1) is 5.10 Å². The Balaban J connectivity index is 1.50. The molecule has 0 saturated heterocycles. The Morgan fingerprint density at radius 2 is 1.96 bits per heavy atom. The van der Waals surface area contributed by atoms with Crippen LogP contribution in [0.3, 0.4) is 0 Å². The largest absolute Gasteiger partial charge is 0.449 e. The maximum Gasteiger partial charge on any atom is 0.340 e. The molecule has 0 amide bonds. The number of carbonyl (C=O) groups is 1. The second kappa shape index (κ2) is 9.35. The molecule has 0 bridgehead atoms. The Morgan fingerprint density at radius 3 is 2.74 bits per heavy atom. The normalized spacial score (nSPS) is 10.1. The van der Waals surface area contributed by atoms with Crippen molar-refractivity contribution in [3.05, 3.63) is 64.1 Å². The van der Waals surface area contributed by atoms with Gasteiger partial charge in [-0.1, -0.05) is 53.4 Å². The number of nitrogens with zero attached hydrogens (tertiary/aromatic N) is 4. The van der Waals surface area contributed by atoms with E-state index in [9.17, 15) is 4.79 Å². The van der Waals surface area contributed by atoms with Crippen molar-refractivity contribution in [2.24, 2.45) is 0 Å². The van der Waals surface area contributed by atoms with E-state index in [0.29, 0.717) is 20.9 Å². The van der Waals surface area contributed by atoms with Gasteiger partial charge in [-0.2, -0.15) is 4.68 Å². The van der Waals surface area contributed by atoms with Crippen LogP contribution in [-0.2, 0) is 4.74 Å². The second-order valence-electron chi connectivity index (χ2n) is 5.41. The fourth-order valence-corrected chi connectivity index (χ4v) is 3.23. The molecular weight excluding hydrogens is 428 g/mol. The van der Waals surface area contributed by atoms with E-state index in [4.69, 9.17) is 4.74 Å². The monoisotopic (exact) mass is 442 g/mol. The van der Waals surface area contributed by atoms with Crippen molar-refractivity contribution in [1.29, 1.82) is 0 Å². The summed E-state index contributed by atoms with van der Waals surface area (Å²) in [4.78, 5) is 12.0. The summed E-state index contributed by atoms with van der Waals surface area (Å²) in [7, 11) is 0. The molecule has 0 atom stereocenters. The van der Waals surface area contributed by atoms with Gasteiger partial charge in [-0.3, -0.25) is 0 Å². The molecule has 0 radical (unpaired) electrons. The SMILES string of the molecule is Cc1ccc(-n2nnnc2SCC#CCOC(=O)c2ccccc2Br)cc1. The smallest absolute Gasteiger partial charge is 0.340 e. The van der Waals surface area contributed by atoms with E-state index in [1.807, 2.05) is 37.3 Å². The quantitative estimate of drug-likeness (QED) is 0.341. The lowest BCUT2D eigenvalue weighted by Crippen LogP contribution is -2.06. The Bertz CT molecular complexity index is 993. The van der Waals surface area contributed by atoms with E-state index < -0.39 is 5.97 Å². The van der Waals surface area contributed by atoms with Gasteiger partial charge in [0.1, 0.15) is 0 Å². The number of benzene rings is 2. The summed E-state index contributed by atoms with van der Waals surface area (Å²) in [6.45, 7) is 2.06. The van der Waals surface area contributed by atoms with E-state index in [2.05, 4.69) is 43.3 Å². The van der Waals surface area contributed by atoms with Gasteiger partial charge in [-0.25, -0.2) is 4.79 Å². The summed E-state index contributed by atoms with van der Waals surface area (Å²) in [5, 5.41) is 12.4. The van der Waals surface area contributed by atoms with Gasteiger partial charge in [-0.05, 0) is 57.5 Å². The zero-order chi connectivity index (χ0) is 19.1. The maximum absolute atomic E-state index is 12.0. The van der Waals surface area contributed by atoms with Crippen LogP contribution in [0.1, 0.15) is 15.9 Å². The topological polar surface area (TPSA) is 69.9 Å². The highest BCUT2D eigenvalue weighted by molar-refractivity contribution is 9.10. The molecule has 3 rings (SSSR count). The molecule has 3 aromatic rings. The third-order valence-corrected chi connectivity index (χ3v) is 4.98. The average Bonchev–Trinajstić information content (AvgIpc) is 3.14. The molecule has 8 heteroatoms. The van der Waals surface area contributed by atoms with Gasteiger partial charge < -0.3 is 4.74 Å². The predicted octanol–water partition coefficient (Wildman–Crippen LogP) is 3.69. The van der Waals surface area contributed by atoms with Crippen LogP contribution < -0.4 is 0 Å². The van der Waals surface area contributed by atoms with E-state index in [-0.39, 0.29) is 6.61 Å². The minimum Gasteiger partial charge on any atom is -0.449 e. The van der Waals surface area contributed by atoms with Gasteiger partial charge in [0.05, 0.1) is 17.0 Å². The Labute approximate surface area is 169 Å². The molecule has 0 spiro atoms. The lowest BCUT2D eigenvalue weighted by Gasteiger charge is -2.03. The molecule has 0 N–H and O–H groups in total. The molecule has 0 unspecified atom stereocenters.